The van der Waals surface area contributed by atoms with Crippen molar-refractivity contribution in [2.24, 2.45) is 5.92 Å². The zero-order valence-electron chi connectivity index (χ0n) is 18.1. The van der Waals surface area contributed by atoms with E-state index in [-0.39, 0.29) is 17.4 Å². The predicted octanol–water partition coefficient (Wildman–Crippen LogP) is 4.50. The lowest BCUT2D eigenvalue weighted by Crippen LogP contribution is -2.38. The highest BCUT2D eigenvalue weighted by atomic mass is 16.2. The lowest BCUT2D eigenvalue weighted by atomic mass is 10.0. The second kappa shape index (κ2) is 7.29. The number of nitrogens with zero attached hydrogens (tertiary/aromatic N) is 4. The van der Waals surface area contributed by atoms with Crippen LogP contribution >= 0.6 is 0 Å². The molecule has 2 N–H and O–H groups in total. The molecular formula is C25H26N6O. The van der Waals surface area contributed by atoms with Gasteiger partial charge in [-0.15, -0.1) is 0 Å². The zero-order chi connectivity index (χ0) is 21.7. The Morgan fingerprint density at radius 3 is 2.59 bits per heavy atom. The number of hydrogen-bond acceptors (Lipinski definition) is 4. The van der Waals surface area contributed by atoms with E-state index >= 15 is 0 Å². The van der Waals surface area contributed by atoms with Crippen molar-refractivity contribution in [2.75, 3.05) is 0 Å². The molecule has 1 amide bonds. The number of benzene rings is 2. The van der Waals surface area contributed by atoms with Gasteiger partial charge in [-0.3, -0.25) is 4.79 Å². The van der Waals surface area contributed by atoms with Crippen LogP contribution in [0, 0.1) is 5.92 Å². The van der Waals surface area contributed by atoms with Crippen molar-refractivity contribution in [1.29, 1.82) is 0 Å². The quantitative estimate of drug-likeness (QED) is 0.492. The molecule has 0 unspecified atom stereocenters. The van der Waals surface area contributed by atoms with Crippen molar-refractivity contribution < 1.29 is 4.79 Å². The molecule has 4 aromatic rings. The summed E-state index contributed by atoms with van der Waals surface area (Å²) in [5, 5.41) is 14.2. The smallest absolute Gasteiger partial charge is 0.223 e. The van der Waals surface area contributed by atoms with Crippen LogP contribution in [0.15, 0.2) is 55.0 Å². The van der Waals surface area contributed by atoms with Gasteiger partial charge in [-0.25, -0.2) is 4.98 Å². The monoisotopic (exact) mass is 426 g/mol. The maximum atomic E-state index is 12.7. The number of carbonyl (C=O) groups is 1. The van der Waals surface area contributed by atoms with E-state index in [1.54, 1.807) is 0 Å². The van der Waals surface area contributed by atoms with Crippen LogP contribution in [0.3, 0.4) is 0 Å². The summed E-state index contributed by atoms with van der Waals surface area (Å²) < 4.78 is 2.25. The first-order valence-corrected chi connectivity index (χ1v) is 11.3. The van der Waals surface area contributed by atoms with Crippen molar-refractivity contribution in [2.45, 2.75) is 50.6 Å². The molecule has 0 bridgehead atoms. The first kappa shape index (κ1) is 19.2. The van der Waals surface area contributed by atoms with Crippen LogP contribution in [0.2, 0.25) is 0 Å². The molecule has 0 aliphatic heterocycles. The highest BCUT2D eigenvalue weighted by molar-refractivity contribution is 5.81. The van der Waals surface area contributed by atoms with Crippen LogP contribution in [0.5, 0.6) is 0 Å². The van der Waals surface area contributed by atoms with Crippen LogP contribution in [0.25, 0.3) is 33.4 Å². The van der Waals surface area contributed by atoms with Gasteiger partial charge in [0.25, 0.3) is 0 Å². The molecule has 32 heavy (non-hydrogen) atoms. The summed E-state index contributed by atoms with van der Waals surface area (Å²) in [5.74, 6) is 0.323. The standard InChI is InChI=1S/C25H26N6O/c1-25(10-11-25)27-24(32)19-6-8-20(12-19)31-15-26-14-23(31)17-4-2-16(3-5-17)18-7-9-21-22(13-18)29-30-28-21/h2-5,7,9,13-15,19-20H,6,8,10-12H2,1H3,(H,27,32)(H,28,29,30)/t19-,20+/m0/s1. The van der Waals surface area contributed by atoms with Gasteiger partial charge in [0.1, 0.15) is 11.0 Å². The molecule has 0 spiro atoms. The third-order valence-electron chi connectivity index (χ3n) is 7.09. The Morgan fingerprint density at radius 2 is 1.78 bits per heavy atom. The SMILES string of the molecule is CC1(NC(=O)[C@H]2CC[C@@H](n3cncc3-c3ccc(-c4ccc5n[nH]nc5c4)cc3)C2)CC1. The van der Waals surface area contributed by atoms with E-state index < -0.39 is 0 Å². The largest absolute Gasteiger partial charge is 0.351 e. The van der Waals surface area contributed by atoms with Gasteiger partial charge in [-0.1, -0.05) is 30.3 Å². The lowest BCUT2D eigenvalue weighted by molar-refractivity contribution is -0.125. The van der Waals surface area contributed by atoms with E-state index in [1.165, 1.54) is 0 Å². The highest BCUT2D eigenvalue weighted by Gasteiger charge is 2.41. The summed E-state index contributed by atoms with van der Waals surface area (Å²) in [5.41, 5.74) is 6.26. The van der Waals surface area contributed by atoms with E-state index in [4.69, 9.17) is 0 Å². The summed E-state index contributed by atoms with van der Waals surface area (Å²) in [6.45, 7) is 2.14. The molecule has 2 fully saturated rings. The van der Waals surface area contributed by atoms with Crippen LogP contribution in [-0.4, -0.2) is 36.4 Å². The molecule has 2 aromatic heterocycles. The summed E-state index contributed by atoms with van der Waals surface area (Å²) in [6.07, 6.45) is 8.86. The van der Waals surface area contributed by atoms with Gasteiger partial charge in [0.2, 0.25) is 5.91 Å². The lowest BCUT2D eigenvalue weighted by Gasteiger charge is -2.18. The average molecular weight is 427 g/mol. The number of nitrogens with one attached hydrogen (secondary N) is 2. The van der Waals surface area contributed by atoms with E-state index in [2.05, 4.69) is 67.5 Å². The molecule has 2 atom stereocenters. The third-order valence-corrected chi connectivity index (χ3v) is 7.09. The highest BCUT2D eigenvalue weighted by Crippen LogP contribution is 2.40. The molecule has 162 valence electrons. The molecule has 7 heteroatoms. The Bertz CT molecular complexity index is 1280. The second-order valence-corrected chi connectivity index (χ2v) is 9.50. The van der Waals surface area contributed by atoms with Gasteiger partial charge in [-0.2, -0.15) is 15.4 Å². The van der Waals surface area contributed by atoms with E-state index in [0.717, 1.165) is 65.5 Å². The fourth-order valence-electron chi connectivity index (χ4n) is 4.83. The van der Waals surface area contributed by atoms with Crippen molar-refractivity contribution in [3.8, 4) is 22.4 Å². The summed E-state index contributed by atoms with van der Waals surface area (Å²) >= 11 is 0. The number of aromatic nitrogens is 5. The Kier molecular flexibility index (Phi) is 4.38. The zero-order valence-corrected chi connectivity index (χ0v) is 18.1. The van der Waals surface area contributed by atoms with Crippen LogP contribution in [0.1, 0.15) is 45.1 Å². The Balaban J connectivity index is 1.20. The van der Waals surface area contributed by atoms with Crippen molar-refractivity contribution in [1.82, 2.24) is 30.3 Å². The van der Waals surface area contributed by atoms with Gasteiger partial charge in [0.15, 0.2) is 0 Å². The second-order valence-electron chi connectivity index (χ2n) is 9.50. The van der Waals surface area contributed by atoms with Crippen molar-refractivity contribution >= 4 is 16.9 Å². The molecule has 2 saturated carbocycles. The van der Waals surface area contributed by atoms with Gasteiger partial charge < -0.3 is 9.88 Å². The van der Waals surface area contributed by atoms with Gasteiger partial charge in [0, 0.05) is 17.5 Å². The fraction of sp³-hybridized carbons (Fsp3) is 0.360. The number of aromatic amines is 1. The normalized spacial score (nSPS) is 21.7. The third kappa shape index (κ3) is 3.47. The first-order valence-electron chi connectivity index (χ1n) is 11.3. The van der Waals surface area contributed by atoms with Crippen LogP contribution in [-0.2, 0) is 4.79 Å². The van der Waals surface area contributed by atoms with E-state index in [1.807, 2.05) is 24.7 Å². The minimum atomic E-state index is 0.0509. The Morgan fingerprint density at radius 1 is 1.03 bits per heavy atom. The molecular weight excluding hydrogens is 400 g/mol. The Hall–Kier alpha value is -3.48. The molecule has 6 rings (SSSR count). The van der Waals surface area contributed by atoms with E-state index in [9.17, 15) is 4.79 Å². The van der Waals surface area contributed by atoms with E-state index in [0.29, 0.717) is 6.04 Å². The Labute approximate surface area is 186 Å². The number of imidazole rings is 1. The summed E-state index contributed by atoms with van der Waals surface area (Å²) in [7, 11) is 0. The maximum Gasteiger partial charge on any atom is 0.223 e. The molecule has 2 aliphatic carbocycles. The topological polar surface area (TPSA) is 88.5 Å². The van der Waals surface area contributed by atoms with Gasteiger partial charge in [-0.05, 0) is 67.9 Å². The first-order chi connectivity index (χ1) is 15.6. The maximum absolute atomic E-state index is 12.7. The van der Waals surface area contributed by atoms with Gasteiger partial charge in [0.05, 0.1) is 18.2 Å². The summed E-state index contributed by atoms with van der Waals surface area (Å²) in [4.78, 5) is 17.1. The number of hydrogen-bond donors (Lipinski definition) is 2. The molecule has 2 aliphatic rings. The molecule has 2 aromatic carbocycles. The average Bonchev–Trinajstić information content (AvgIpc) is 3.28. The van der Waals surface area contributed by atoms with Crippen LogP contribution < -0.4 is 5.32 Å². The number of amides is 1. The van der Waals surface area contributed by atoms with Gasteiger partial charge >= 0.3 is 0 Å². The molecule has 0 saturated heterocycles. The number of rotatable bonds is 5. The molecule has 2 heterocycles. The minimum Gasteiger partial charge on any atom is -0.351 e. The predicted molar refractivity (Wildman–Crippen MR) is 123 cm³/mol. The van der Waals surface area contributed by atoms with Crippen LogP contribution in [0.4, 0.5) is 0 Å². The number of H-pyrrole nitrogens is 1. The minimum absolute atomic E-state index is 0.0509. The van der Waals surface area contributed by atoms with Crippen molar-refractivity contribution in [3.63, 3.8) is 0 Å². The fourth-order valence-corrected chi connectivity index (χ4v) is 4.83. The molecule has 0 radical (unpaired) electrons. The summed E-state index contributed by atoms with van der Waals surface area (Å²) in [6, 6.07) is 15.0. The molecule has 7 nitrogen and oxygen atoms in total. The number of carbonyl (C=O) groups excluding carboxylic acids is 1. The van der Waals surface area contributed by atoms with Crippen molar-refractivity contribution in [3.05, 3.63) is 55.0 Å². The number of fused-ring (bicyclic) bond motifs is 1.